The van der Waals surface area contributed by atoms with Gasteiger partial charge in [0.15, 0.2) is 11.5 Å². The number of fused-ring (bicyclic) bond motifs is 3. The molecule has 1 aromatic rings. The quantitative estimate of drug-likeness (QED) is 0.871. The first kappa shape index (κ1) is 15.6. The normalized spacial score (nSPS) is 28.5. The zero-order valence-corrected chi connectivity index (χ0v) is 14.2. The zero-order chi connectivity index (χ0) is 16.5. The van der Waals surface area contributed by atoms with Gasteiger partial charge in [-0.05, 0) is 56.1 Å². The molecule has 4 atom stereocenters. The average molecular weight is 330 g/mol. The molecule has 0 aromatic heterocycles. The predicted octanol–water partition coefficient (Wildman–Crippen LogP) is 2.81. The number of ether oxygens (including phenoxy) is 2. The summed E-state index contributed by atoms with van der Waals surface area (Å²) in [5, 5.41) is 6.36. The van der Waals surface area contributed by atoms with Gasteiger partial charge in [-0.1, -0.05) is 6.42 Å². The second-order valence-corrected chi connectivity index (χ2v) is 7.41. The van der Waals surface area contributed by atoms with Crippen molar-refractivity contribution in [2.75, 3.05) is 25.1 Å². The lowest BCUT2D eigenvalue weighted by Crippen LogP contribution is -2.42. The summed E-state index contributed by atoms with van der Waals surface area (Å²) in [6, 6.07) is 5.96. The van der Waals surface area contributed by atoms with Crippen LogP contribution in [0, 0.1) is 17.8 Å². The molecule has 5 heteroatoms. The summed E-state index contributed by atoms with van der Waals surface area (Å²) in [7, 11) is 0. The Morgan fingerprint density at radius 3 is 2.79 bits per heavy atom. The Kier molecular flexibility index (Phi) is 4.25. The van der Waals surface area contributed by atoms with Gasteiger partial charge in [-0.2, -0.15) is 0 Å². The van der Waals surface area contributed by atoms with E-state index in [-0.39, 0.29) is 18.5 Å². The van der Waals surface area contributed by atoms with Crippen molar-refractivity contribution < 1.29 is 14.3 Å². The molecule has 0 unspecified atom stereocenters. The van der Waals surface area contributed by atoms with E-state index >= 15 is 0 Å². The lowest BCUT2D eigenvalue weighted by molar-refractivity contribution is -0.120. The summed E-state index contributed by atoms with van der Waals surface area (Å²) in [6.07, 6.45) is 5.42. The van der Waals surface area contributed by atoms with Crippen LogP contribution in [0.3, 0.4) is 0 Å². The number of nitrogens with one attached hydrogen (secondary N) is 2. The Balaban J connectivity index is 1.27. The van der Waals surface area contributed by atoms with E-state index in [9.17, 15) is 4.79 Å². The summed E-state index contributed by atoms with van der Waals surface area (Å²) in [5.74, 6) is 3.97. The third kappa shape index (κ3) is 3.17. The Bertz CT molecular complexity index is 619. The standard InChI is InChI=1S/C19H26N2O3/c1-12(16-9-13-2-3-14(16)8-13)21-19(22)11-20-15-4-5-17-18(10-15)24-7-6-23-17/h4-5,10,12-14,16,20H,2-3,6-9,11H2,1H3,(H,21,22)/t12-,13-,14-,16+/m0/s1. The fourth-order valence-electron chi connectivity index (χ4n) is 4.65. The highest BCUT2D eigenvalue weighted by Crippen LogP contribution is 2.49. The van der Waals surface area contributed by atoms with Crippen LogP contribution >= 0.6 is 0 Å². The van der Waals surface area contributed by atoms with Gasteiger partial charge in [0.1, 0.15) is 13.2 Å². The maximum absolute atomic E-state index is 12.2. The molecule has 4 rings (SSSR count). The number of amides is 1. The first-order valence-electron chi connectivity index (χ1n) is 9.12. The van der Waals surface area contributed by atoms with Crippen molar-refractivity contribution in [3.63, 3.8) is 0 Å². The van der Waals surface area contributed by atoms with E-state index in [0.717, 1.165) is 29.0 Å². The highest BCUT2D eigenvalue weighted by atomic mass is 16.6. The minimum atomic E-state index is 0.0557. The molecule has 2 bridgehead atoms. The Morgan fingerprint density at radius 2 is 2.04 bits per heavy atom. The lowest BCUT2D eigenvalue weighted by atomic mass is 9.84. The van der Waals surface area contributed by atoms with E-state index in [1.54, 1.807) is 0 Å². The number of anilines is 1. The highest BCUT2D eigenvalue weighted by Gasteiger charge is 2.42. The van der Waals surface area contributed by atoms with Gasteiger partial charge in [0.25, 0.3) is 0 Å². The number of hydrogen-bond donors (Lipinski definition) is 2. The van der Waals surface area contributed by atoms with Gasteiger partial charge < -0.3 is 20.1 Å². The summed E-state index contributed by atoms with van der Waals surface area (Å²) in [4.78, 5) is 12.2. The molecule has 2 saturated carbocycles. The van der Waals surface area contributed by atoms with Crippen LogP contribution in [-0.4, -0.2) is 31.7 Å². The minimum absolute atomic E-state index is 0.0557. The van der Waals surface area contributed by atoms with Crippen LogP contribution in [0.15, 0.2) is 18.2 Å². The molecule has 2 N–H and O–H groups in total. The van der Waals surface area contributed by atoms with Crippen LogP contribution in [0.1, 0.15) is 32.6 Å². The number of hydrogen-bond acceptors (Lipinski definition) is 4. The van der Waals surface area contributed by atoms with Crippen molar-refractivity contribution >= 4 is 11.6 Å². The number of carbonyl (C=O) groups is 1. The van der Waals surface area contributed by atoms with E-state index in [4.69, 9.17) is 9.47 Å². The molecular weight excluding hydrogens is 304 g/mol. The van der Waals surface area contributed by atoms with Gasteiger partial charge >= 0.3 is 0 Å². The number of carbonyl (C=O) groups excluding carboxylic acids is 1. The van der Waals surface area contributed by atoms with E-state index in [1.807, 2.05) is 18.2 Å². The average Bonchev–Trinajstić information content (AvgIpc) is 3.23. The molecule has 0 spiro atoms. The molecule has 0 saturated heterocycles. The van der Waals surface area contributed by atoms with Crippen molar-refractivity contribution in [3.8, 4) is 11.5 Å². The SMILES string of the molecule is C[C@H](NC(=O)CNc1ccc2c(c1)OCCO2)[C@H]1C[C@H]2CC[C@H]1C2. The highest BCUT2D eigenvalue weighted by molar-refractivity contribution is 5.81. The summed E-state index contributed by atoms with van der Waals surface area (Å²) >= 11 is 0. The topological polar surface area (TPSA) is 59.6 Å². The number of benzene rings is 1. The van der Waals surface area contributed by atoms with Crippen LogP contribution < -0.4 is 20.1 Å². The van der Waals surface area contributed by atoms with E-state index in [2.05, 4.69) is 17.6 Å². The molecule has 1 aliphatic heterocycles. The van der Waals surface area contributed by atoms with Gasteiger partial charge in [-0.3, -0.25) is 4.79 Å². The first-order valence-corrected chi connectivity index (χ1v) is 9.12. The Labute approximate surface area is 143 Å². The first-order chi connectivity index (χ1) is 11.7. The van der Waals surface area contributed by atoms with Gasteiger partial charge in [-0.15, -0.1) is 0 Å². The van der Waals surface area contributed by atoms with Crippen LogP contribution in [0.4, 0.5) is 5.69 Å². The Morgan fingerprint density at radius 1 is 1.21 bits per heavy atom. The lowest BCUT2D eigenvalue weighted by Gasteiger charge is -2.28. The van der Waals surface area contributed by atoms with E-state index in [1.165, 1.54) is 25.7 Å². The molecule has 3 aliphatic rings. The molecule has 130 valence electrons. The molecule has 1 amide bonds. The zero-order valence-electron chi connectivity index (χ0n) is 14.2. The fourth-order valence-corrected chi connectivity index (χ4v) is 4.65. The minimum Gasteiger partial charge on any atom is -0.486 e. The predicted molar refractivity (Wildman–Crippen MR) is 92.5 cm³/mol. The van der Waals surface area contributed by atoms with Gasteiger partial charge in [0.2, 0.25) is 5.91 Å². The number of rotatable bonds is 5. The van der Waals surface area contributed by atoms with Crippen molar-refractivity contribution in [1.82, 2.24) is 5.32 Å². The van der Waals surface area contributed by atoms with Gasteiger partial charge in [0, 0.05) is 17.8 Å². The van der Waals surface area contributed by atoms with Crippen molar-refractivity contribution in [3.05, 3.63) is 18.2 Å². The molecule has 5 nitrogen and oxygen atoms in total. The van der Waals surface area contributed by atoms with Gasteiger partial charge in [-0.25, -0.2) is 0 Å². The van der Waals surface area contributed by atoms with Crippen LogP contribution in [0.25, 0.3) is 0 Å². The van der Waals surface area contributed by atoms with E-state index < -0.39 is 0 Å². The summed E-state index contributed by atoms with van der Waals surface area (Å²) < 4.78 is 11.1. The second-order valence-electron chi connectivity index (χ2n) is 7.41. The molecule has 2 fully saturated rings. The molecular formula is C19H26N2O3. The molecule has 1 aromatic carbocycles. The van der Waals surface area contributed by atoms with Gasteiger partial charge in [0.05, 0.1) is 6.54 Å². The third-order valence-electron chi connectivity index (χ3n) is 5.82. The van der Waals surface area contributed by atoms with Crippen molar-refractivity contribution in [1.29, 1.82) is 0 Å². The maximum Gasteiger partial charge on any atom is 0.239 e. The van der Waals surface area contributed by atoms with Crippen LogP contribution in [-0.2, 0) is 4.79 Å². The van der Waals surface area contributed by atoms with Crippen LogP contribution in [0.5, 0.6) is 11.5 Å². The Hall–Kier alpha value is -1.91. The van der Waals surface area contributed by atoms with Crippen molar-refractivity contribution in [2.24, 2.45) is 17.8 Å². The third-order valence-corrected chi connectivity index (χ3v) is 5.82. The largest absolute Gasteiger partial charge is 0.486 e. The molecule has 2 aliphatic carbocycles. The van der Waals surface area contributed by atoms with Crippen LogP contribution in [0.2, 0.25) is 0 Å². The summed E-state index contributed by atoms with van der Waals surface area (Å²) in [6.45, 7) is 3.60. The second kappa shape index (κ2) is 6.54. The monoisotopic (exact) mass is 330 g/mol. The molecule has 0 radical (unpaired) electrons. The van der Waals surface area contributed by atoms with E-state index in [0.29, 0.717) is 19.1 Å². The maximum atomic E-state index is 12.2. The molecule has 24 heavy (non-hydrogen) atoms. The summed E-state index contributed by atoms with van der Waals surface area (Å²) in [5.41, 5.74) is 0.877. The fraction of sp³-hybridized carbons (Fsp3) is 0.632. The van der Waals surface area contributed by atoms with Crippen molar-refractivity contribution in [2.45, 2.75) is 38.6 Å². The smallest absolute Gasteiger partial charge is 0.239 e. The molecule has 1 heterocycles.